The zero-order chi connectivity index (χ0) is 22.2. The maximum atomic E-state index is 12.7. The van der Waals surface area contributed by atoms with Gasteiger partial charge in [0.15, 0.2) is 5.75 Å². The molecule has 1 fully saturated rings. The van der Waals surface area contributed by atoms with Crippen molar-refractivity contribution in [3.05, 3.63) is 36.0 Å². The average Bonchev–Trinajstić information content (AvgIpc) is 3.36. The average molecular weight is 442 g/mol. The summed E-state index contributed by atoms with van der Waals surface area (Å²) in [6, 6.07) is 6.39. The number of carbonyl (C=O) groups excluding carboxylic acids is 2. The van der Waals surface area contributed by atoms with Crippen LogP contribution in [0.3, 0.4) is 0 Å². The molecule has 0 aliphatic carbocycles. The third kappa shape index (κ3) is 4.43. The first-order valence-electron chi connectivity index (χ1n) is 9.94. The number of aromatic nitrogens is 3. The van der Waals surface area contributed by atoms with Crippen molar-refractivity contribution in [2.24, 2.45) is 0 Å². The lowest BCUT2D eigenvalue weighted by Crippen LogP contribution is -2.40. The highest BCUT2D eigenvalue weighted by Gasteiger charge is 2.36. The van der Waals surface area contributed by atoms with Crippen LogP contribution in [0.2, 0.25) is 0 Å². The number of anilines is 2. The smallest absolute Gasteiger partial charge is 0.329 e. The van der Waals surface area contributed by atoms with E-state index in [1.54, 1.807) is 24.4 Å². The molecule has 10 heteroatoms. The van der Waals surface area contributed by atoms with Crippen molar-refractivity contribution in [2.75, 3.05) is 16.8 Å². The van der Waals surface area contributed by atoms with E-state index in [-0.39, 0.29) is 22.4 Å². The summed E-state index contributed by atoms with van der Waals surface area (Å²) in [5.41, 5.74) is -0.122. The molecule has 162 valence electrons. The maximum absolute atomic E-state index is 12.7. The van der Waals surface area contributed by atoms with Gasteiger partial charge < -0.3 is 14.7 Å². The van der Waals surface area contributed by atoms with Gasteiger partial charge in [-0.05, 0) is 45.7 Å². The summed E-state index contributed by atoms with van der Waals surface area (Å²) in [5.74, 6) is -0.998. The number of nitrogens with one attached hydrogen (secondary N) is 1. The van der Waals surface area contributed by atoms with Gasteiger partial charge in [0, 0.05) is 18.1 Å². The fraction of sp³-hybridized carbons (Fsp3) is 0.381. The molecule has 3 aromatic rings. The number of phenols is 1. The van der Waals surface area contributed by atoms with E-state index < -0.39 is 17.6 Å². The Morgan fingerprint density at radius 1 is 1.26 bits per heavy atom. The molecule has 9 nitrogen and oxygen atoms in total. The number of hydrogen-bond acceptors (Lipinski definition) is 9. The molecule has 2 N–H and O–H groups in total. The molecule has 0 spiro atoms. The van der Waals surface area contributed by atoms with Gasteiger partial charge in [-0.3, -0.25) is 15.1 Å². The van der Waals surface area contributed by atoms with Gasteiger partial charge in [-0.2, -0.15) is 0 Å². The lowest BCUT2D eigenvalue weighted by molar-refractivity contribution is -0.156. The van der Waals surface area contributed by atoms with Crippen LogP contribution in [0.4, 0.5) is 10.3 Å². The molecule has 0 radical (unpaired) electrons. The number of phenolic OH excluding ortho intramolecular Hbond substituents is 1. The molecule has 1 unspecified atom stereocenters. The predicted molar refractivity (Wildman–Crippen MR) is 117 cm³/mol. The topological polar surface area (TPSA) is 118 Å². The largest absolute Gasteiger partial charge is 0.505 e. The number of pyridine rings is 1. The normalized spacial score (nSPS) is 16.5. The van der Waals surface area contributed by atoms with E-state index in [0.29, 0.717) is 23.6 Å². The third-order valence-electron chi connectivity index (χ3n) is 4.80. The summed E-state index contributed by atoms with van der Waals surface area (Å²) >= 11 is 1.17. The van der Waals surface area contributed by atoms with E-state index in [4.69, 9.17) is 4.74 Å². The summed E-state index contributed by atoms with van der Waals surface area (Å²) in [7, 11) is 0. The highest BCUT2D eigenvalue weighted by molar-refractivity contribution is 7.19. The summed E-state index contributed by atoms with van der Waals surface area (Å²) in [6.45, 7) is 6.16. The monoisotopic (exact) mass is 441 g/mol. The Morgan fingerprint density at radius 2 is 2.06 bits per heavy atom. The Hall–Kier alpha value is -3.27. The maximum Gasteiger partial charge on any atom is 0.329 e. The van der Waals surface area contributed by atoms with E-state index >= 15 is 0 Å². The molecule has 1 saturated heterocycles. The van der Waals surface area contributed by atoms with E-state index in [0.717, 1.165) is 11.8 Å². The second-order valence-corrected chi connectivity index (χ2v) is 9.22. The highest BCUT2D eigenvalue weighted by atomic mass is 32.1. The van der Waals surface area contributed by atoms with Crippen molar-refractivity contribution in [1.29, 1.82) is 0 Å². The van der Waals surface area contributed by atoms with Gasteiger partial charge in [0.2, 0.25) is 10.3 Å². The first kappa shape index (κ1) is 21.0. The minimum atomic E-state index is -0.567. The Morgan fingerprint density at radius 3 is 2.84 bits per heavy atom. The molecule has 4 rings (SSSR count). The van der Waals surface area contributed by atoms with Gasteiger partial charge >= 0.3 is 5.97 Å². The van der Waals surface area contributed by atoms with Gasteiger partial charge in [0.1, 0.15) is 17.2 Å². The number of aromatic hydroxyl groups is 1. The van der Waals surface area contributed by atoms with E-state index in [2.05, 4.69) is 20.5 Å². The van der Waals surface area contributed by atoms with Gasteiger partial charge in [-0.15, -0.1) is 10.2 Å². The van der Waals surface area contributed by atoms with Crippen molar-refractivity contribution in [3.63, 3.8) is 0 Å². The molecule has 1 aromatic carbocycles. The second-order valence-electron chi connectivity index (χ2n) is 8.27. The molecule has 2 aromatic heterocycles. The predicted octanol–water partition coefficient (Wildman–Crippen LogP) is 3.35. The second kappa shape index (κ2) is 8.10. The molecule has 1 aliphatic heterocycles. The molecular weight excluding hydrogens is 418 g/mol. The highest BCUT2D eigenvalue weighted by Crippen LogP contribution is 2.33. The van der Waals surface area contributed by atoms with E-state index in [1.165, 1.54) is 17.4 Å². The van der Waals surface area contributed by atoms with Gasteiger partial charge in [0.25, 0.3) is 5.91 Å². The fourth-order valence-electron chi connectivity index (χ4n) is 3.47. The summed E-state index contributed by atoms with van der Waals surface area (Å²) in [4.78, 5) is 31.2. The number of carbonyl (C=O) groups is 2. The summed E-state index contributed by atoms with van der Waals surface area (Å²) < 4.78 is 5.52. The summed E-state index contributed by atoms with van der Waals surface area (Å²) in [6.07, 6.45) is 3.06. The fourth-order valence-corrected chi connectivity index (χ4v) is 4.29. The first-order valence-corrected chi connectivity index (χ1v) is 10.8. The zero-order valence-electron chi connectivity index (χ0n) is 17.5. The van der Waals surface area contributed by atoms with Crippen molar-refractivity contribution in [1.82, 2.24) is 15.2 Å². The number of ether oxygens (including phenoxy) is 1. The van der Waals surface area contributed by atoms with Crippen LogP contribution in [0, 0.1) is 0 Å². The van der Waals surface area contributed by atoms with Crippen LogP contribution in [0.5, 0.6) is 5.75 Å². The molecule has 0 saturated carbocycles. The number of benzene rings is 1. The van der Waals surface area contributed by atoms with Crippen molar-refractivity contribution in [2.45, 2.75) is 45.3 Å². The zero-order valence-corrected chi connectivity index (χ0v) is 18.3. The molecule has 1 atom stereocenters. The minimum absolute atomic E-state index is 0.0933. The SMILES string of the molecule is CC(C)(C)OC(=O)C1CCCN1c1nnc(NC(=O)c2ccc3cccnc3c2O)s1. The Labute approximate surface area is 183 Å². The number of nitrogens with zero attached hydrogens (tertiary/aromatic N) is 4. The van der Waals surface area contributed by atoms with Crippen LogP contribution in [0.15, 0.2) is 30.5 Å². The Balaban J connectivity index is 1.50. The lowest BCUT2D eigenvalue weighted by Gasteiger charge is -2.26. The molecule has 1 amide bonds. The minimum Gasteiger partial charge on any atom is -0.505 e. The van der Waals surface area contributed by atoms with E-state index in [1.807, 2.05) is 25.7 Å². The molecule has 31 heavy (non-hydrogen) atoms. The molecule has 1 aliphatic rings. The number of rotatable bonds is 4. The van der Waals surface area contributed by atoms with Crippen molar-refractivity contribution >= 4 is 44.4 Å². The number of hydrogen-bond donors (Lipinski definition) is 2. The van der Waals surface area contributed by atoms with Crippen LogP contribution < -0.4 is 10.2 Å². The van der Waals surface area contributed by atoms with Gasteiger partial charge in [-0.1, -0.05) is 23.5 Å². The Bertz CT molecular complexity index is 1140. The third-order valence-corrected chi connectivity index (χ3v) is 5.68. The molecular formula is C21H23N5O4S. The Kier molecular flexibility index (Phi) is 5.48. The quantitative estimate of drug-likeness (QED) is 0.592. The van der Waals surface area contributed by atoms with Gasteiger partial charge in [0.05, 0.1) is 5.56 Å². The summed E-state index contributed by atoms with van der Waals surface area (Å²) in [5, 5.41) is 22.8. The van der Waals surface area contributed by atoms with Crippen LogP contribution >= 0.6 is 11.3 Å². The van der Waals surface area contributed by atoms with Crippen LogP contribution in [0.25, 0.3) is 10.9 Å². The number of amides is 1. The standard InChI is InChI=1S/C21H23N5O4S/c1-21(2,3)30-18(29)14-7-5-11-26(14)20-25-24-19(31-20)23-17(28)13-9-8-12-6-4-10-22-15(12)16(13)27/h4,6,8-10,14,27H,5,7,11H2,1-3H3,(H,23,24,28). The first-order chi connectivity index (χ1) is 14.7. The number of esters is 1. The molecule has 0 bridgehead atoms. The van der Waals surface area contributed by atoms with Crippen LogP contribution in [-0.2, 0) is 9.53 Å². The number of fused-ring (bicyclic) bond motifs is 1. The van der Waals surface area contributed by atoms with Crippen LogP contribution in [-0.4, -0.2) is 50.4 Å². The lowest BCUT2D eigenvalue weighted by atomic mass is 10.1. The van der Waals surface area contributed by atoms with E-state index in [9.17, 15) is 14.7 Å². The van der Waals surface area contributed by atoms with Crippen LogP contribution in [0.1, 0.15) is 44.0 Å². The van der Waals surface area contributed by atoms with Gasteiger partial charge in [-0.25, -0.2) is 4.79 Å². The molecule has 3 heterocycles. The van der Waals surface area contributed by atoms with Crippen molar-refractivity contribution in [3.8, 4) is 5.75 Å². The van der Waals surface area contributed by atoms with Crippen molar-refractivity contribution < 1.29 is 19.4 Å².